The highest BCUT2D eigenvalue weighted by Gasteiger charge is 2.23. The van der Waals surface area contributed by atoms with Crippen LogP contribution in [0.1, 0.15) is 43.6 Å². The lowest BCUT2D eigenvalue weighted by molar-refractivity contribution is 0.101. The van der Waals surface area contributed by atoms with Gasteiger partial charge in [0.2, 0.25) is 0 Å². The summed E-state index contributed by atoms with van der Waals surface area (Å²) in [4.78, 5) is 23.3. The number of benzene rings is 3. The lowest BCUT2D eigenvalue weighted by atomic mass is 9.81. The summed E-state index contributed by atoms with van der Waals surface area (Å²) in [5.41, 5.74) is 5.62. The molecule has 0 unspecified atom stereocenters. The Labute approximate surface area is 160 Å². The number of carbonyl (C=O) groups is 1. The highest BCUT2D eigenvalue weighted by molar-refractivity contribution is 5.94. The average Bonchev–Trinajstić information content (AvgIpc) is 2.67. The monoisotopic (exact) mass is 357 g/mol. The van der Waals surface area contributed by atoms with Gasteiger partial charge in [0.05, 0.1) is 0 Å². The molecule has 0 atom stereocenters. The molecule has 0 aliphatic rings. The minimum atomic E-state index is -0.234. The maximum Gasteiger partial charge on any atom is 0.159 e. The van der Waals surface area contributed by atoms with Gasteiger partial charge in [-0.25, -0.2) is 0 Å². The van der Waals surface area contributed by atoms with Crippen LogP contribution < -0.4 is 0 Å². The summed E-state index contributed by atoms with van der Waals surface area (Å²) in [6.45, 7) is 7.79. The molecular weight excluding hydrogens is 334 g/mol. The van der Waals surface area contributed by atoms with Gasteiger partial charge in [-0.1, -0.05) is 75.4 Å². The van der Waals surface area contributed by atoms with Gasteiger partial charge >= 0.3 is 0 Å². The SMILES string of the molecule is CC(=O)c1ccc(-c2cc(-c3ccccc3)c(N=O)c(C(C)(C)C)c2)cc1. The molecular formula is C24H23NO2. The third-order valence-corrected chi connectivity index (χ3v) is 4.72. The first-order valence-corrected chi connectivity index (χ1v) is 9.00. The summed E-state index contributed by atoms with van der Waals surface area (Å²) in [6, 6.07) is 21.4. The summed E-state index contributed by atoms with van der Waals surface area (Å²) in [6.07, 6.45) is 0. The molecule has 27 heavy (non-hydrogen) atoms. The van der Waals surface area contributed by atoms with Crippen molar-refractivity contribution in [2.75, 3.05) is 0 Å². The van der Waals surface area contributed by atoms with E-state index in [0.29, 0.717) is 11.3 Å². The quantitative estimate of drug-likeness (QED) is 0.376. The maximum atomic E-state index is 11.7. The lowest BCUT2D eigenvalue weighted by Crippen LogP contribution is -2.12. The van der Waals surface area contributed by atoms with Crippen LogP contribution in [-0.4, -0.2) is 5.78 Å². The van der Waals surface area contributed by atoms with Crippen molar-refractivity contribution in [2.24, 2.45) is 5.18 Å². The molecule has 3 rings (SSSR count). The van der Waals surface area contributed by atoms with E-state index in [9.17, 15) is 9.70 Å². The lowest BCUT2D eigenvalue weighted by Gasteiger charge is -2.23. The van der Waals surface area contributed by atoms with Crippen molar-refractivity contribution in [1.29, 1.82) is 0 Å². The highest BCUT2D eigenvalue weighted by Crippen LogP contribution is 2.42. The Bertz CT molecular complexity index is 981. The van der Waals surface area contributed by atoms with Gasteiger partial charge in [0, 0.05) is 11.1 Å². The fraction of sp³-hybridized carbons (Fsp3) is 0.208. The Morgan fingerprint density at radius 2 is 1.44 bits per heavy atom. The molecule has 0 bridgehead atoms. The van der Waals surface area contributed by atoms with Crippen LogP contribution in [0.5, 0.6) is 0 Å². The fourth-order valence-electron chi connectivity index (χ4n) is 3.21. The van der Waals surface area contributed by atoms with Gasteiger partial charge in [0.25, 0.3) is 0 Å². The minimum absolute atomic E-state index is 0.0439. The number of nitroso groups, excluding NO2 is 1. The van der Waals surface area contributed by atoms with Crippen LogP contribution in [0.3, 0.4) is 0 Å². The number of nitrogens with zero attached hydrogens (tertiary/aromatic N) is 1. The molecule has 3 nitrogen and oxygen atoms in total. The average molecular weight is 357 g/mol. The van der Waals surface area contributed by atoms with Crippen LogP contribution in [0.15, 0.2) is 71.9 Å². The van der Waals surface area contributed by atoms with Crippen LogP contribution in [0.2, 0.25) is 0 Å². The predicted molar refractivity (Wildman–Crippen MR) is 111 cm³/mol. The Balaban J connectivity index is 2.26. The molecule has 3 aromatic carbocycles. The first-order valence-electron chi connectivity index (χ1n) is 9.00. The Morgan fingerprint density at radius 1 is 0.815 bits per heavy atom. The van der Waals surface area contributed by atoms with Gasteiger partial charge in [-0.3, -0.25) is 4.79 Å². The third-order valence-electron chi connectivity index (χ3n) is 4.72. The molecule has 0 saturated carbocycles. The zero-order chi connectivity index (χ0) is 19.6. The van der Waals surface area contributed by atoms with Gasteiger partial charge in [0.15, 0.2) is 5.78 Å². The van der Waals surface area contributed by atoms with Gasteiger partial charge in [-0.2, -0.15) is 0 Å². The number of rotatable bonds is 4. The zero-order valence-corrected chi connectivity index (χ0v) is 16.1. The van der Waals surface area contributed by atoms with Gasteiger partial charge in [0.1, 0.15) is 5.69 Å². The van der Waals surface area contributed by atoms with Crippen molar-refractivity contribution >= 4 is 11.5 Å². The first kappa shape index (κ1) is 18.7. The van der Waals surface area contributed by atoms with E-state index in [1.807, 2.05) is 66.7 Å². The number of hydrogen-bond donors (Lipinski definition) is 0. The van der Waals surface area contributed by atoms with E-state index >= 15 is 0 Å². The van der Waals surface area contributed by atoms with E-state index in [2.05, 4.69) is 25.9 Å². The molecule has 136 valence electrons. The second-order valence-corrected chi connectivity index (χ2v) is 7.76. The van der Waals surface area contributed by atoms with Crippen LogP contribution in [0.4, 0.5) is 5.69 Å². The second kappa shape index (κ2) is 7.28. The molecule has 0 aliphatic heterocycles. The molecule has 0 aliphatic carbocycles. The Morgan fingerprint density at radius 3 is 1.96 bits per heavy atom. The summed E-state index contributed by atoms with van der Waals surface area (Å²) in [7, 11) is 0. The first-order chi connectivity index (χ1) is 12.8. The molecule has 3 heteroatoms. The maximum absolute atomic E-state index is 11.7. The molecule has 0 radical (unpaired) electrons. The van der Waals surface area contributed by atoms with E-state index in [0.717, 1.165) is 27.8 Å². The van der Waals surface area contributed by atoms with E-state index in [1.165, 1.54) is 0 Å². The van der Waals surface area contributed by atoms with Crippen LogP contribution in [-0.2, 0) is 5.41 Å². The topological polar surface area (TPSA) is 46.5 Å². The van der Waals surface area contributed by atoms with Gasteiger partial charge in [-0.05, 0) is 51.9 Å². The standard InChI is InChI=1S/C24H23NO2/c1-16(26)17-10-12-18(13-11-17)20-14-21(19-8-6-5-7-9-19)23(25-27)22(15-20)24(2,3)4/h5-15H,1-4H3. The van der Waals surface area contributed by atoms with Crippen molar-refractivity contribution in [3.05, 3.63) is 82.8 Å². The van der Waals surface area contributed by atoms with Crippen LogP contribution in [0, 0.1) is 4.91 Å². The molecule has 0 fully saturated rings. The fourth-order valence-corrected chi connectivity index (χ4v) is 3.21. The van der Waals surface area contributed by atoms with E-state index in [1.54, 1.807) is 6.92 Å². The highest BCUT2D eigenvalue weighted by atomic mass is 16.3. The van der Waals surface area contributed by atoms with Crippen molar-refractivity contribution in [1.82, 2.24) is 0 Å². The normalized spacial score (nSPS) is 11.3. The number of carbonyl (C=O) groups excluding carboxylic acids is 1. The van der Waals surface area contributed by atoms with Crippen molar-refractivity contribution in [3.8, 4) is 22.3 Å². The zero-order valence-electron chi connectivity index (χ0n) is 16.1. The predicted octanol–water partition coefficient (Wildman–Crippen LogP) is 6.92. The van der Waals surface area contributed by atoms with Crippen molar-refractivity contribution < 1.29 is 4.79 Å². The van der Waals surface area contributed by atoms with E-state index < -0.39 is 0 Å². The smallest absolute Gasteiger partial charge is 0.159 e. The number of ketones is 1. The molecule has 3 aromatic rings. The molecule has 0 aromatic heterocycles. The molecule has 0 saturated heterocycles. The largest absolute Gasteiger partial charge is 0.295 e. The molecule has 0 spiro atoms. The van der Waals surface area contributed by atoms with Gasteiger partial charge < -0.3 is 0 Å². The van der Waals surface area contributed by atoms with Crippen molar-refractivity contribution in [2.45, 2.75) is 33.1 Å². The molecule has 0 N–H and O–H groups in total. The Hall–Kier alpha value is -3.07. The second-order valence-electron chi connectivity index (χ2n) is 7.76. The number of hydrogen-bond acceptors (Lipinski definition) is 3. The third kappa shape index (κ3) is 3.87. The molecule has 0 heterocycles. The van der Waals surface area contributed by atoms with Crippen molar-refractivity contribution in [3.63, 3.8) is 0 Å². The summed E-state index contributed by atoms with van der Waals surface area (Å²) >= 11 is 0. The van der Waals surface area contributed by atoms with E-state index in [4.69, 9.17) is 0 Å². The molecule has 0 amide bonds. The minimum Gasteiger partial charge on any atom is -0.295 e. The summed E-state index contributed by atoms with van der Waals surface area (Å²) in [5, 5.41) is 3.39. The van der Waals surface area contributed by atoms with Gasteiger partial charge in [-0.15, -0.1) is 4.91 Å². The Kier molecular flexibility index (Phi) is 5.04. The summed E-state index contributed by atoms with van der Waals surface area (Å²) in [5.74, 6) is 0.0439. The van der Waals surface area contributed by atoms with E-state index in [-0.39, 0.29) is 11.2 Å². The van der Waals surface area contributed by atoms with Crippen LogP contribution >= 0.6 is 0 Å². The number of Topliss-reactive ketones (excluding diaryl/α,β-unsaturated/α-hetero) is 1. The van der Waals surface area contributed by atoms with Crippen LogP contribution in [0.25, 0.3) is 22.3 Å². The summed E-state index contributed by atoms with van der Waals surface area (Å²) < 4.78 is 0.